The summed E-state index contributed by atoms with van der Waals surface area (Å²) in [7, 11) is 0. The molecule has 0 radical (unpaired) electrons. The van der Waals surface area contributed by atoms with Crippen molar-refractivity contribution < 1.29 is 9.53 Å². The van der Waals surface area contributed by atoms with E-state index in [1.165, 1.54) is 0 Å². The van der Waals surface area contributed by atoms with Crippen LogP contribution in [0.4, 0.5) is 0 Å². The van der Waals surface area contributed by atoms with E-state index in [0.717, 1.165) is 5.75 Å². The van der Waals surface area contributed by atoms with Gasteiger partial charge in [0.2, 0.25) is 5.91 Å². The van der Waals surface area contributed by atoms with Gasteiger partial charge in [-0.15, -0.1) is 0 Å². The number of nitrogens with two attached hydrogens (primary N) is 1. The number of amides is 1. The van der Waals surface area contributed by atoms with Crippen LogP contribution in [-0.2, 0) is 4.79 Å². The number of hydrogen-bond donors (Lipinski definition) is 2. The Balaban J connectivity index is 2.21. The zero-order chi connectivity index (χ0) is 12.0. The molecule has 0 fully saturated rings. The molecule has 0 saturated carbocycles. The lowest BCUT2D eigenvalue weighted by Crippen LogP contribution is -2.40. The smallest absolute Gasteiger partial charge is 0.236 e. The maximum absolute atomic E-state index is 11.1. The number of halogens is 1. The van der Waals surface area contributed by atoms with Gasteiger partial charge in [-0.05, 0) is 31.2 Å². The van der Waals surface area contributed by atoms with Crippen molar-refractivity contribution in [2.45, 2.75) is 13.0 Å². The maximum atomic E-state index is 11.1. The minimum atomic E-state index is -0.490. The van der Waals surface area contributed by atoms with Gasteiger partial charge in [-0.2, -0.15) is 0 Å². The van der Waals surface area contributed by atoms with Crippen molar-refractivity contribution in [1.82, 2.24) is 5.32 Å². The average Bonchev–Trinajstić information content (AvgIpc) is 2.26. The number of carbonyl (C=O) groups is 1. The molecule has 4 nitrogen and oxygen atoms in total. The van der Waals surface area contributed by atoms with Crippen LogP contribution >= 0.6 is 11.6 Å². The molecule has 0 bridgehead atoms. The fourth-order valence-corrected chi connectivity index (χ4v) is 1.16. The zero-order valence-electron chi connectivity index (χ0n) is 9.07. The van der Waals surface area contributed by atoms with Crippen molar-refractivity contribution in [1.29, 1.82) is 0 Å². The fourth-order valence-electron chi connectivity index (χ4n) is 1.03. The van der Waals surface area contributed by atoms with Crippen molar-refractivity contribution in [3.8, 4) is 5.75 Å². The fraction of sp³-hybridized carbons (Fsp3) is 0.364. The predicted molar refractivity (Wildman–Crippen MR) is 63.6 cm³/mol. The lowest BCUT2D eigenvalue weighted by Gasteiger charge is -2.09. The van der Waals surface area contributed by atoms with Gasteiger partial charge in [0.15, 0.2) is 0 Å². The Morgan fingerprint density at radius 1 is 1.50 bits per heavy atom. The van der Waals surface area contributed by atoms with Crippen LogP contribution in [0.5, 0.6) is 5.75 Å². The molecule has 0 aliphatic heterocycles. The molecule has 0 aliphatic carbocycles. The standard InChI is InChI=1S/C11H15ClN2O2/c1-8(13)11(15)14-6-7-16-10-4-2-9(12)3-5-10/h2-5,8H,6-7,13H2,1H3,(H,14,15)/t8-/m1/s1. The molecule has 3 N–H and O–H groups in total. The van der Waals surface area contributed by atoms with Crippen molar-refractivity contribution in [3.05, 3.63) is 29.3 Å². The first-order chi connectivity index (χ1) is 7.59. The summed E-state index contributed by atoms with van der Waals surface area (Å²) in [6.45, 7) is 2.47. The lowest BCUT2D eigenvalue weighted by molar-refractivity contribution is -0.122. The molecule has 0 heterocycles. The summed E-state index contributed by atoms with van der Waals surface area (Å²) >= 11 is 5.72. The average molecular weight is 243 g/mol. The second-order valence-corrected chi connectivity index (χ2v) is 3.82. The number of hydrogen-bond acceptors (Lipinski definition) is 3. The SMILES string of the molecule is C[C@@H](N)C(=O)NCCOc1ccc(Cl)cc1. The first-order valence-electron chi connectivity index (χ1n) is 5.01. The molecule has 1 atom stereocenters. The van der Waals surface area contributed by atoms with Crippen LogP contribution in [-0.4, -0.2) is 25.1 Å². The van der Waals surface area contributed by atoms with Gasteiger partial charge in [0, 0.05) is 5.02 Å². The van der Waals surface area contributed by atoms with Gasteiger partial charge >= 0.3 is 0 Å². The molecule has 16 heavy (non-hydrogen) atoms. The summed E-state index contributed by atoms with van der Waals surface area (Å²) in [4.78, 5) is 11.1. The summed E-state index contributed by atoms with van der Waals surface area (Å²) in [5, 5.41) is 3.31. The quantitative estimate of drug-likeness (QED) is 0.763. The third kappa shape index (κ3) is 4.51. The minimum Gasteiger partial charge on any atom is -0.492 e. The van der Waals surface area contributed by atoms with E-state index in [4.69, 9.17) is 22.1 Å². The van der Waals surface area contributed by atoms with E-state index in [9.17, 15) is 4.79 Å². The topological polar surface area (TPSA) is 64.4 Å². The molecule has 5 heteroatoms. The highest BCUT2D eigenvalue weighted by molar-refractivity contribution is 6.30. The molecule has 0 aliphatic rings. The van der Waals surface area contributed by atoms with Crippen LogP contribution in [0.15, 0.2) is 24.3 Å². The molecule has 1 aromatic rings. The van der Waals surface area contributed by atoms with Crippen molar-refractivity contribution in [3.63, 3.8) is 0 Å². The third-order valence-electron chi connectivity index (χ3n) is 1.90. The summed E-state index contributed by atoms with van der Waals surface area (Å²) in [5.74, 6) is 0.541. The monoisotopic (exact) mass is 242 g/mol. The first-order valence-corrected chi connectivity index (χ1v) is 5.39. The highest BCUT2D eigenvalue weighted by atomic mass is 35.5. The molecular weight excluding hydrogens is 228 g/mol. The van der Waals surface area contributed by atoms with E-state index in [-0.39, 0.29) is 5.91 Å². The van der Waals surface area contributed by atoms with Crippen LogP contribution in [0, 0.1) is 0 Å². The lowest BCUT2D eigenvalue weighted by atomic mass is 10.3. The second kappa shape index (κ2) is 6.35. The molecule has 88 valence electrons. The summed E-state index contributed by atoms with van der Waals surface area (Å²) in [6, 6.07) is 6.55. The van der Waals surface area contributed by atoms with E-state index in [0.29, 0.717) is 18.2 Å². The Bertz CT molecular complexity index is 338. The minimum absolute atomic E-state index is 0.181. The molecule has 0 spiro atoms. The Labute approximate surface area is 99.7 Å². The number of ether oxygens (including phenoxy) is 1. The second-order valence-electron chi connectivity index (χ2n) is 3.38. The molecule has 0 saturated heterocycles. The molecule has 1 aromatic carbocycles. The van der Waals surface area contributed by atoms with Crippen molar-refractivity contribution in [2.75, 3.05) is 13.2 Å². The van der Waals surface area contributed by atoms with Crippen molar-refractivity contribution >= 4 is 17.5 Å². The normalized spacial score (nSPS) is 11.9. The maximum Gasteiger partial charge on any atom is 0.236 e. The van der Waals surface area contributed by atoms with Crippen molar-refractivity contribution in [2.24, 2.45) is 5.73 Å². The number of nitrogens with one attached hydrogen (secondary N) is 1. The highest BCUT2D eigenvalue weighted by Gasteiger charge is 2.05. The van der Waals surface area contributed by atoms with E-state index >= 15 is 0 Å². The summed E-state index contributed by atoms with van der Waals surface area (Å²) < 4.78 is 5.38. The number of benzene rings is 1. The Morgan fingerprint density at radius 3 is 2.69 bits per heavy atom. The number of carbonyl (C=O) groups excluding carboxylic acids is 1. The zero-order valence-corrected chi connectivity index (χ0v) is 9.83. The Morgan fingerprint density at radius 2 is 2.12 bits per heavy atom. The van der Waals surface area contributed by atoms with Gasteiger partial charge in [0.25, 0.3) is 0 Å². The summed E-state index contributed by atoms with van der Waals surface area (Å²) in [5.41, 5.74) is 5.38. The van der Waals surface area contributed by atoms with E-state index in [2.05, 4.69) is 5.32 Å². The predicted octanol–water partition coefficient (Wildman–Crippen LogP) is 1.18. The van der Waals surface area contributed by atoms with E-state index < -0.39 is 6.04 Å². The third-order valence-corrected chi connectivity index (χ3v) is 2.15. The van der Waals surface area contributed by atoms with Gasteiger partial charge < -0.3 is 15.8 Å². The van der Waals surface area contributed by atoms with Gasteiger partial charge in [-0.25, -0.2) is 0 Å². The van der Waals surface area contributed by atoms with Crippen LogP contribution in [0.2, 0.25) is 5.02 Å². The molecule has 0 unspecified atom stereocenters. The summed E-state index contributed by atoms with van der Waals surface area (Å²) in [6.07, 6.45) is 0. The molecule has 0 aromatic heterocycles. The van der Waals surface area contributed by atoms with E-state index in [1.807, 2.05) is 0 Å². The van der Waals surface area contributed by atoms with Crippen LogP contribution < -0.4 is 15.8 Å². The van der Waals surface area contributed by atoms with Gasteiger partial charge in [0.05, 0.1) is 12.6 Å². The largest absolute Gasteiger partial charge is 0.492 e. The van der Waals surface area contributed by atoms with Crippen LogP contribution in [0.3, 0.4) is 0 Å². The molecule has 1 amide bonds. The highest BCUT2D eigenvalue weighted by Crippen LogP contribution is 2.14. The number of rotatable bonds is 5. The Hall–Kier alpha value is -1.26. The van der Waals surface area contributed by atoms with Gasteiger partial charge in [-0.3, -0.25) is 4.79 Å². The van der Waals surface area contributed by atoms with Gasteiger partial charge in [0.1, 0.15) is 12.4 Å². The van der Waals surface area contributed by atoms with Crippen LogP contribution in [0.25, 0.3) is 0 Å². The van der Waals surface area contributed by atoms with Gasteiger partial charge in [-0.1, -0.05) is 11.6 Å². The Kier molecular flexibility index (Phi) is 5.08. The molecule has 1 rings (SSSR count). The first kappa shape index (κ1) is 12.8. The van der Waals surface area contributed by atoms with E-state index in [1.54, 1.807) is 31.2 Å². The van der Waals surface area contributed by atoms with Crippen LogP contribution in [0.1, 0.15) is 6.92 Å². The molecular formula is C11H15ClN2O2.